The summed E-state index contributed by atoms with van der Waals surface area (Å²) in [7, 11) is 0. The van der Waals surface area contributed by atoms with Gasteiger partial charge in [0.05, 0.1) is 28.7 Å². The molecule has 0 unspecified atom stereocenters. The first-order valence-corrected chi connectivity index (χ1v) is 8.89. The van der Waals surface area contributed by atoms with Crippen LogP contribution in [-0.4, -0.2) is 21.8 Å². The van der Waals surface area contributed by atoms with E-state index in [1.807, 2.05) is 0 Å². The number of anilines is 3. The molecule has 4 N–H and O–H groups in total. The summed E-state index contributed by atoms with van der Waals surface area (Å²) in [6.45, 7) is 3.29. The van der Waals surface area contributed by atoms with Gasteiger partial charge in [0.25, 0.3) is 11.8 Å². The van der Waals surface area contributed by atoms with Crippen LogP contribution in [-0.2, 0) is 0 Å². The Hall–Kier alpha value is -3.52. The van der Waals surface area contributed by atoms with E-state index in [1.54, 1.807) is 19.1 Å². The summed E-state index contributed by atoms with van der Waals surface area (Å²) < 4.78 is 14.3. The first-order chi connectivity index (χ1) is 13.8. The molecule has 3 rings (SSSR count). The van der Waals surface area contributed by atoms with Crippen molar-refractivity contribution in [2.75, 3.05) is 16.4 Å². The summed E-state index contributed by atoms with van der Waals surface area (Å²) >= 11 is 5.99. The molecule has 7 nitrogen and oxygen atoms in total. The van der Waals surface area contributed by atoms with Crippen molar-refractivity contribution in [3.63, 3.8) is 0 Å². The lowest BCUT2D eigenvalue weighted by Crippen LogP contribution is -2.17. The number of carbonyl (C=O) groups is 2. The zero-order valence-corrected chi connectivity index (χ0v) is 16.3. The Kier molecular flexibility index (Phi) is 5.74. The number of hydrogen-bond acceptors (Lipinski definition) is 5. The van der Waals surface area contributed by atoms with Crippen molar-refractivity contribution >= 4 is 40.7 Å². The van der Waals surface area contributed by atoms with E-state index in [2.05, 4.69) is 20.6 Å². The molecule has 1 heterocycles. The maximum atomic E-state index is 14.3. The number of rotatable bonds is 4. The van der Waals surface area contributed by atoms with Gasteiger partial charge >= 0.3 is 0 Å². The van der Waals surface area contributed by atoms with Crippen molar-refractivity contribution in [3.05, 3.63) is 75.8 Å². The second-order valence-corrected chi connectivity index (χ2v) is 6.73. The van der Waals surface area contributed by atoms with Crippen LogP contribution in [0.3, 0.4) is 0 Å². The summed E-state index contributed by atoms with van der Waals surface area (Å²) in [5, 5.41) is 5.23. The Morgan fingerprint density at radius 3 is 2.28 bits per heavy atom. The van der Waals surface area contributed by atoms with Crippen molar-refractivity contribution in [2.45, 2.75) is 13.8 Å². The van der Waals surface area contributed by atoms with Crippen LogP contribution < -0.4 is 16.4 Å². The molecule has 2 aromatic carbocycles. The predicted octanol–water partition coefficient (Wildman–Crippen LogP) is 3.97. The van der Waals surface area contributed by atoms with Crippen molar-refractivity contribution < 1.29 is 14.0 Å². The zero-order chi connectivity index (χ0) is 21.1. The van der Waals surface area contributed by atoms with Crippen LogP contribution in [0.5, 0.6) is 0 Å². The molecule has 0 saturated carbocycles. The number of amides is 2. The van der Waals surface area contributed by atoms with E-state index in [1.165, 1.54) is 37.5 Å². The fourth-order valence-electron chi connectivity index (χ4n) is 2.60. The van der Waals surface area contributed by atoms with Gasteiger partial charge in [0.1, 0.15) is 5.82 Å². The molecule has 1 aromatic heterocycles. The monoisotopic (exact) mass is 413 g/mol. The molecular formula is C20H17ClFN5O2. The lowest BCUT2D eigenvalue weighted by molar-refractivity contribution is 0.101. The van der Waals surface area contributed by atoms with Gasteiger partial charge in [-0.15, -0.1) is 0 Å². The molecule has 0 spiro atoms. The summed E-state index contributed by atoms with van der Waals surface area (Å²) in [5.74, 6) is -1.74. The van der Waals surface area contributed by atoms with Crippen LogP contribution in [0.15, 0.2) is 42.7 Å². The molecule has 3 aromatic rings. The number of benzene rings is 2. The lowest BCUT2D eigenvalue weighted by atomic mass is 10.1. The number of nitrogens with one attached hydrogen (secondary N) is 2. The molecular weight excluding hydrogens is 397 g/mol. The molecule has 0 aliphatic carbocycles. The van der Waals surface area contributed by atoms with E-state index in [-0.39, 0.29) is 16.5 Å². The highest BCUT2D eigenvalue weighted by Crippen LogP contribution is 2.24. The molecule has 0 saturated heterocycles. The quantitative estimate of drug-likeness (QED) is 0.599. The molecule has 0 atom stereocenters. The summed E-state index contributed by atoms with van der Waals surface area (Å²) in [5.41, 5.74) is 7.15. The van der Waals surface area contributed by atoms with Gasteiger partial charge in [0.15, 0.2) is 0 Å². The average Bonchev–Trinajstić information content (AvgIpc) is 2.68. The number of hydrogen-bond donors (Lipinski definition) is 3. The van der Waals surface area contributed by atoms with Crippen LogP contribution >= 0.6 is 11.6 Å². The Morgan fingerprint density at radius 1 is 0.966 bits per heavy atom. The van der Waals surface area contributed by atoms with E-state index in [4.69, 9.17) is 17.3 Å². The molecule has 9 heteroatoms. The van der Waals surface area contributed by atoms with E-state index in [0.717, 1.165) is 0 Å². The van der Waals surface area contributed by atoms with Crippen LogP contribution in [0.2, 0.25) is 5.02 Å². The Balaban J connectivity index is 1.84. The summed E-state index contributed by atoms with van der Waals surface area (Å²) in [6.07, 6.45) is 2.76. The van der Waals surface area contributed by atoms with Crippen molar-refractivity contribution in [1.29, 1.82) is 0 Å². The fourth-order valence-corrected chi connectivity index (χ4v) is 2.84. The number of halogens is 2. The first kappa shape index (κ1) is 20.2. The van der Waals surface area contributed by atoms with Crippen molar-refractivity contribution in [3.8, 4) is 0 Å². The average molecular weight is 414 g/mol. The zero-order valence-electron chi connectivity index (χ0n) is 15.6. The molecule has 148 valence electrons. The number of nitrogens with zero attached hydrogens (tertiary/aromatic N) is 2. The summed E-state index contributed by atoms with van der Waals surface area (Å²) in [6, 6.07) is 7.71. The lowest BCUT2D eigenvalue weighted by Gasteiger charge is -2.12. The minimum Gasteiger partial charge on any atom is -0.368 e. The van der Waals surface area contributed by atoms with Crippen LogP contribution in [0, 0.1) is 19.7 Å². The summed E-state index contributed by atoms with van der Waals surface area (Å²) in [4.78, 5) is 32.7. The number of nitrogen functional groups attached to an aromatic ring is 1. The van der Waals surface area contributed by atoms with Crippen molar-refractivity contribution in [2.24, 2.45) is 0 Å². The van der Waals surface area contributed by atoms with Crippen LogP contribution in [0.1, 0.15) is 31.8 Å². The van der Waals surface area contributed by atoms with Gasteiger partial charge < -0.3 is 16.4 Å². The SMILES string of the molecule is Cc1ccc(NC(=O)c2c(Cl)ccc(C)c2F)cc1C(=O)Nc1cnc(N)nc1. The third-order valence-electron chi connectivity index (χ3n) is 4.18. The van der Waals surface area contributed by atoms with E-state index >= 15 is 0 Å². The highest BCUT2D eigenvalue weighted by molar-refractivity contribution is 6.34. The first-order valence-electron chi connectivity index (χ1n) is 8.51. The largest absolute Gasteiger partial charge is 0.368 e. The Bertz CT molecular complexity index is 1100. The van der Waals surface area contributed by atoms with Crippen molar-refractivity contribution in [1.82, 2.24) is 9.97 Å². The molecule has 0 aliphatic heterocycles. The van der Waals surface area contributed by atoms with E-state index in [9.17, 15) is 14.0 Å². The van der Waals surface area contributed by atoms with Gasteiger partial charge in [0, 0.05) is 11.3 Å². The molecule has 0 aliphatic rings. The van der Waals surface area contributed by atoms with E-state index in [0.29, 0.717) is 28.1 Å². The normalized spacial score (nSPS) is 10.5. The number of carbonyl (C=O) groups excluding carboxylic acids is 2. The number of aromatic nitrogens is 2. The molecule has 0 radical (unpaired) electrons. The Morgan fingerprint density at radius 2 is 1.59 bits per heavy atom. The van der Waals surface area contributed by atoms with Crippen LogP contribution in [0.25, 0.3) is 0 Å². The van der Waals surface area contributed by atoms with Gasteiger partial charge in [-0.1, -0.05) is 23.7 Å². The predicted molar refractivity (Wildman–Crippen MR) is 110 cm³/mol. The second-order valence-electron chi connectivity index (χ2n) is 6.32. The van der Waals surface area contributed by atoms with E-state index < -0.39 is 17.6 Å². The molecule has 0 bridgehead atoms. The minimum absolute atomic E-state index is 0.000899. The topological polar surface area (TPSA) is 110 Å². The standard InChI is InChI=1S/C20H17ClFN5O2/c1-10-3-5-12(26-19(29)16-15(21)6-4-11(2)17(16)22)7-14(10)18(28)27-13-8-24-20(23)25-9-13/h3-9H,1-2H3,(H,26,29)(H,27,28)(H2,23,24,25). The second kappa shape index (κ2) is 8.24. The van der Waals surface area contributed by atoms with Gasteiger partial charge in [-0.2, -0.15) is 0 Å². The number of nitrogens with two attached hydrogens (primary N) is 1. The third-order valence-corrected chi connectivity index (χ3v) is 4.50. The van der Waals surface area contributed by atoms with Crippen LogP contribution in [0.4, 0.5) is 21.7 Å². The van der Waals surface area contributed by atoms with Gasteiger partial charge in [-0.25, -0.2) is 14.4 Å². The van der Waals surface area contributed by atoms with Gasteiger partial charge in [-0.05, 0) is 43.2 Å². The molecule has 0 fully saturated rings. The Labute approximate surface area is 171 Å². The minimum atomic E-state index is -0.710. The highest BCUT2D eigenvalue weighted by Gasteiger charge is 2.19. The van der Waals surface area contributed by atoms with Gasteiger partial charge in [0.2, 0.25) is 5.95 Å². The number of aryl methyl sites for hydroxylation is 2. The maximum Gasteiger partial charge on any atom is 0.260 e. The van der Waals surface area contributed by atoms with Gasteiger partial charge in [-0.3, -0.25) is 9.59 Å². The fraction of sp³-hybridized carbons (Fsp3) is 0.100. The molecule has 29 heavy (non-hydrogen) atoms. The maximum absolute atomic E-state index is 14.3. The smallest absolute Gasteiger partial charge is 0.260 e. The molecule has 2 amide bonds. The third kappa shape index (κ3) is 4.49. The highest BCUT2D eigenvalue weighted by atomic mass is 35.5.